The fraction of sp³-hybridized carbons (Fsp3) is 0.667. The topological polar surface area (TPSA) is 32.7 Å². The fourth-order valence-corrected chi connectivity index (χ4v) is 6.48. The molecule has 1 aromatic rings. The normalized spacial score (nSPS) is 38.7. The summed E-state index contributed by atoms with van der Waals surface area (Å²) in [6.07, 6.45) is 16.1. The molecule has 0 radical (unpaired) electrons. The van der Waals surface area contributed by atoms with Gasteiger partial charge in [0.1, 0.15) is 11.4 Å². The fourth-order valence-electron chi connectivity index (χ4n) is 6.48. The first-order valence-corrected chi connectivity index (χ1v) is 10.8. The Kier molecular flexibility index (Phi) is 4.08. The Morgan fingerprint density at radius 2 is 2.00 bits per heavy atom. The zero-order valence-corrected chi connectivity index (χ0v) is 16.4. The van der Waals surface area contributed by atoms with E-state index in [1.54, 1.807) is 0 Å². The van der Waals surface area contributed by atoms with Gasteiger partial charge in [0.05, 0.1) is 6.10 Å². The van der Waals surface area contributed by atoms with Crippen molar-refractivity contribution in [2.45, 2.75) is 88.5 Å². The minimum absolute atomic E-state index is 0.179. The number of hydrogen-bond donors (Lipinski definition) is 1. The summed E-state index contributed by atoms with van der Waals surface area (Å²) in [6.45, 7) is 3.28. The first-order chi connectivity index (χ1) is 13.0. The molecule has 1 saturated heterocycles. The van der Waals surface area contributed by atoms with Gasteiger partial charge in [-0.1, -0.05) is 18.9 Å². The van der Waals surface area contributed by atoms with Gasteiger partial charge in [-0.05, 0) is 81.0 Å². The number of benzene rings is 1. The van der Waals surface area contributed by atoms with Crippen molar-refractivity contribution >= 4 is 0 Å². The van der Waals surface area contributed by atoms with Gasteiger partial charge in [-0.25, -0.2) is 0 Å². The van der Waals surface area contributed by atoms with Crippen molar-refractivity contribution in [3.8, 4) is 18.1 Å². The zero-order valence-electron chi connectivity index (χ0n) is 16.4. The van der Waals surface area contributed by atoms with Crippen LogP contribution in [0.2, 0.25) is 0 Å². The Bertz CT molecular complexity index is 777. The second-order valence-corrected chi connectivity index (χ2v) is 9.40. The first-order valence-electron chi connectivity index (χ1n) is 10.8. The molecule has 2 heterocycles. The highest BCUT2D eigenvalue weighted by atomic mass is 16.5. The van der Waals surface area contributed by atoms with Crippen LogP contribution in [0.25, 0.3) is 0 Å². The lowest BCUT2D eigenvalue weighted by Crippen LogP contribution is -2.57. The van der Waals surface area contributed by atoms with Crippen LogP contribution in [0, 0.1) is 17.8 Å². The molecule has 2 saturated carbocycles. The summed E-state index contributed by atoms with van der Waals surface area (Å²) in [5.74, 6) is 3.80. The molecule has 0 aromatic heterocycles. The molecule has 0 amide bonds. The molecule has 144 valence electrons. The molecule has 4 atom stereocenters. The van der Waals surface area contributed by atoms with E-state index in [9.17, 15) is 5.11 Å². The van der Waals surface area contributed by atoms with Crippen LogP contribution in [0.3, 0.4) is 0 Å². The van der Waals surface area contributed by atoms with Gasteiger partial charge in [-0.15, -0.1) is 6.42 Å². The molecule has 3 heteroatoms. The van der Waals surface area contributed by atoms with E-state index in [4.69, 9.17) is 11.2 Å². The van der Waals surface area contributed by atoms with E-state index in [0.29, 0.717) is 18.2 Å². The van der Waals surface area contributed by atoms with Crippen LogP contribution in [0.15, 0.2) is 18.2 Å². The minimum atomic E-state index is -0.943. The van der Waals surface area contributed by atoms with Gasteiger partial charge in [0, 0.05) is 24.0 Å². The van der Waals surface area contributed by atoms with Gasteiger partial charge in [0.15, 0.2) is 0 Å². The number of aliphatic hydroxyl groups is 1. The summed E-state index contributed by atoms with van der Waals surface area (Å²) < 4.78 is 6.24. The average molecular weight is 366 g/mol. The van der Waals surface area contributed by atoms with Crippen LogP contribution < -0.4 is 4.74 Å². The molecule has 4 aliphatic rings. The van der Waals surface area contributed by atoms with Crippen LogP contribution in [0.5, 0.6) is 5.75 Å². The number of hydrogen-bond acceptors (Lipinski definition) is 3. The monoisotopic (exact) mass is 365 g/mol. The highest BCUT2D eigenvalue weighted by Gasteiger charge is 2.60. The maximum atomic E-state index is 11.0. The lowest BCUT2D eigenvalue weighted by molar-refractivity contribution is -0.0839. The number of terminal acetylenes is 1. The Morgan fingerprint density at radius 3 is 2.78 bits per heavy atom. The van der Waals surface area contributed by atoms with Crippen LogP contribution in [0.1, 0.15) is 75.5 Å². The van der Waals surface area contributed by atoms with E-state index >= 15 is 0 Å². The zero-order chi connectivity index (χ0) is 18.6. The molecule has 3 nitrogen and oxygen atoms in total. The Hall–Kier alpha value is -1.50. The Morgan fingerprint density at radius 1 is 1.19 bits per heavy atom. The Balaban J connectivity index is 1.40. The van der Waals surface area contributed by atoms with E-state index in [-0.39, 0.29) is 5.41 Å². The van der Waals surface area contributed by atoms with Gasteiger partial charge >= 0.3 is 0 Å². The third-order valence-electron chi connectivity index (χ3n) is 8.15. The van der Waals surface area contributed by atoms with E-state index in [0.717, 1.165) is 44.4 Å². The maximum absolute atomic E-state index is 11.0. The standard InChI is InChI=1S/C24H31NO2/c1-3-24(26)14-11-22-23(24,2)13-10-21-20-9-8-19(27-18-6-4-5-7-18)16-17(20)12-15-25(21)22/h1,8-9,16,18,21-22,26H,4-7,10-15H2,2H3/t21-,22-,23+,24-/m1/s1. The third kappa shape index (κ3) is 2.57. The van der Waals surface area contributed by atoms with E-state index in [2.05, 4.69) is 35.9 Å². The van der Waals surface area contributed by atoms with Crippen molar-refractivity contribution in [2.24, 2.45) is 5.41 Å². The number of fused-ring (bicyclic) bond motifs is 5. The van der Waals surface area contributed by atoms with Crippen LogP contribution in [-0.2, 0) is 6.42 Å². The summed E-state index contributed by atoms with van der Waals surface area (Å²) >= 11 is 0. The highest BCUT2D eigenvalue weighted by molar-refractivity contribution is 5.40. The van der Waals surface area contributed by atoms with Gasteiger partial charge in [-0.2, -0.15) is 0 Å². The summed E-state index contributed by atoms with van der Waals surface area (Å²) in [6, 6.07) is 7.64. The SMILES string of the molecule is C#C[C@@]1(O)CC[C@H]2N3CCc4cc(OC5CCCC5)ccc4[C@H]3CC[C@@]21C. The van der Waals surface area contributed by atoms with Crippen molar-refractivity contribution in [3.63, 3.8) is 0 Å². The number of piperidine rings is 1. The van der Waals surface area contributed by atoms with Gasteiger partial charge < -0.3 is 9.84 Å². The van der Waals surface area contributed by atoms with Gasteiger partial charge in [0.2, 0.25) is 0 Å². The van der Waals surface area contributed by atoms with Crippen molar-refractivity contribution < 1.29 is 9.84 Å². The van der Waals surface area contributed by atoms with Crippen LogP contribution in [-0.4, -0.2) is 34.3 Å². The van der Waals surface area contributed by atoms with Crippen LogP contribution in [0.4, 0.5) is 0 Å². The Labute approximate surface area is 163 Å². The quantitative estimate of drug-likeness (QED) is 0.796. The average Bonchev–Trinajstić information content (AvgIpc) is 3.28. The van der Waals surface area contributed by atoms with Crippen molar-refractivity contribution in [2.75, 3.05) is 6.54 Å². The smallest absolute Gasteiger partial charge is 0.132 e. The molecule has 0 spiro atoms. The second kappa shape index (κ2) is 6.26. The first kappa shape index (κ1) is 17.6. The van der Waals surface area contributed by atoms with E-state index in [1.807, 2.05) is 0 Å². The summed E-state index contributed by atoms with van der Waals surface area (Å²) in [7, 11) is 0. The highest BCUT2D eigenvalue weighted by Crippen LogP contribution is 2.58. The van der Waals surface area contributed by atoms with Crippen molar-refractivity contribution in [1.82, 2.24) is 4.90 Å². The molecule has 3 fully saturated rings. The second-order valence-electron chi connectivity index (χ2n) is 9.40. The summed E-state index contributed by atoms with van der Waals surface area (Å²) in [5, 5.41) is 11.0. The molecule has 0 bridgehead atoms. The molecule has 27 heavy (non-hydrogen) atoms. The molecule has 1 aromatic carbocycles. The number of nitrogens with zero attached hydrogens (tertiary/aromatic N) is 1. The van der Waals surface area contributed by atoms with Gasteiger partial charge in [0.25, 0.3) is 0 Å². The summed E-state index contributed by atoms with van der Waals surface area (Å²) in [4.78, 5) is 2.65. The minimum Gasteiger partial charge on any atom is -0.490 e. The molecule has 2 aliphatic heterocycles. The van der Waals surface area contributed by atoms with Gasteiger partial charge in [-0.3, -0.25) is 4.90 Å². The maximum Gasteiger partial charge on any atom is 0.132 e. The van der Waals surface area contributed by atoms with Crippen molar-refractivity contribution in [1.29, 1.82) is 0 Å². The predicted molar refractivity (Wildman–Crippen MR) is 107 cm³/mol. The number of ether oxygens (including phenoxy) is 1. The largest absolute Gasteiger partial charge is 0.490 e. The predicted octanol–water partition coefficient (Wildman–Crippen LogP) is 4.23. The van der Waals surface area contributed by atoms with E-state index in [1.165, 1.54) is 36.8 Å². The van der Waals surface area contributed by atoms with Crippen LogP contribution >= 0.6 is 0 Å². The molecule has 5 rings (SSSR count). The molecule has 2 aliphatic carbocycles. The van der Waals surface area contributed by atoms with E-state index < -0.39 is 5.60 Å². The number of rotatable bonds is 2. The summed E-state index contributed by atoms with van der Waals surface area (Å²) in [5.41, 5.74) is 1.81. The lowest BCUT2D eigenvalue weighted by Gasteiger charge is -2.54. The molecular weight excluding hydrogens is 334 g/mol. The molecule has 0 unspecified atom stereocenters. The van der Waals surface area contributed by atoms with Crippen molar-refractivity contribution in [3.05, 3.63) is 29.3 Å². The third-order valence-corrected chi connectivity index (χ3v) is 8.15. The lowest BCUT2D eigenvalue weighted by atomic mass is 9.66. The molecule has 1 N–H and O–H groups in total. The molecular formula is C24H31NO2.